The number of para-hydroxylation sites is 1. The summed E-state index contributed by atoms with van der Waals surface area (Å²) in [5, 5.41) is 11.5. The number of aliphatic hydroxyl groups is 1. The molecule has 0 aliphatic heterocycles. The second-order valence-electron chi connectivity index (χ2n) is 12.0. The van der Waals surface area contributed by atoms with E-state index in [4.69, 9.17) is 10.5 Å². The second kappa shape index (κ2) is 20.6. The van der Waals surface area contributed by atoms with Crippen molar-refractivity contribution < 1.29 is 9.84 Å². The summed E-state index contributed by atoms with van der Waals surface area (Å²) in [5.41, 5.74) is 11.8. The first-order chi connectivity index (χ1) is 23.8. The first-order valence-corrected chi connectivity index (χ1v) is 16.8. The highest BCUT2D eigenvalue weighted by Gasteiger charge is 2.32. The molecule has 0 radical (unpaired) electrons. The van der Waals surface area contributed by atoms with Gasteiger partial charge in [-0.2, -0.15) is 0 Å². The van der Waals surface area contributed by atoms with E-state index in [0.717, 1.165) is 58.4 Å². The van der Waals surface area contributed by atoms with Gasteiger partial charge in [-0.3, -0.25) is 0 Å². The third kappa shape index (κ3) is 12.2. The Kier molecular flexibility index (Phi) is 16.0. The van der Waals surface area contributed by atoms with Gasteiger partial charge in [0.05, 0.1) is 6.26 Å². The molecule has 0 aromatic heterocycles. The highest BCUT2D eigenvalue weighted by atomic mass is 16.5. The number of ether oxygens (including phenoxy) is 1. The highest BCUT2D eigenvalue weighted by molar-refractivity contribution is 5.52. The molecule has 3 rings (SSSR count). The summed E-state index contributed by atoms with van der Waals surface area (Å²) in [6.45, 7) is 13.7. The number of aliphatic hydroxyl groups excluding tert-OH is 1. The van der Waals surface area contributed by atoms with Crippen molar-refractivity contribution in [2.45, 2.75) is 45.4 Å². The molecule has 2 aliphatic carbocycles. The molecule has 1 aromatic rings. The summed E-state index contributed by atoms with van der Waals surface area (Å²) in [6, 6.07) is 8.04. The predicted molar refractivity (Wildman–Crippen MR) is 212 cm³/mol. The van der Waals surface area contributed by atoms with Gasteiger partial charge >= 0.3 is 0 Å². The van der Waals surface area contributed by atoms with Crippen molar-refractivity contribution in [2.24, 2.45) is 11.7 Å². The van der Waals surface area contributed by atoms with Crippen LogP contribution in [0.3, 0.4) is 0 Å². The number of allylic oxidation sites excluding steroid dienone is 27. The first kappa shape index (κ1) is 37.9. The zero-order valence-electron chi connectivity index (χ0n) is 29.2. The standard InChI is InChI=1S/C46H51NO2/c1-6-9-11-15-22-37(8-3)23-17-13-14-20-33-49-45-28-19-18-27-43(45)46(4,5)42-32-31-41(35-44(42)48)40-26-21-25-39(36-47)30-29-38(34-40)24-16-12-10-7-2/h6-24,26-30,33-36,38,48H,1-2,25,31-32,47H2,3-5H3/b11-9-,12-10-,14-13-,22-15?,23-17-,24-16-,26-21-,30-29-,33-20-,37-8-,39-36+,40-34+. The fourth-order valence-electron chi connectivity index (χ4n) is 5.57. The van der Waals surface area contributed by atoms with Gasteiger partial charge in [-0.1, -0.05) is 167 Å². The number of hydrogen-bond donors (Lipinski definition) is 2. The third-order valence-electron chi connectivity index (χ3n) is 8.29. The van der Waals surface area contributed by atoms with Gasteiger partial charge in [0.2, 0.25) is 0 Å². The number of rotatable bonds is 14. The molecule has 252 valence electrons. The Balaban J connectivity index is 1.81. The lowest BCUT2D eigenvalue weighted by molar-refractivity contribution is 0.393. The SMILES string of the molecule is C=C/C=C\C=CC(/C=C\C=C/C=C\Oc1ccccc1C(C)(C)C1=C(O)C=C(C2=C/C(/C=C\C=C/C=C)/C=C\C(=C\N)C/C=C\2)CC1)=C/C. The Morgan fingerprint density at radius 1 is 0.898 bits per heavy atom. The average Bonchev–Trinajstić information content (AvgIpc) is 3.21. The molecule has 0 saturated heterocycles. The highest BCUT2D eigenvalue weighted by Crippen LogP contribution is 2.43. The van der Waals surface area contributed by atoms with Gasteiger partial charge in [-0.25, -0.2) is 0 Å². The minimum absolute atomic E-state index is 0.0628. The van der Waals surface area contributed by atoms with Gasteiger partial charge in [0, 0.05) is 16.9 Å². The van der Waals surface area contributed by atoms with Crippen LogP contribution in [0.4, 0.5) is 0 Å². The number of nitrogens with two attached hydrogens (primary N) is 1. The molecule has 0 heterocycles. The van der Waals surface area contributed by atoms with Gasteiger partial charge in [0.1, 0.15) is 11.5 Å². The molecular weight excluding hydrogens is 599 g/mol. The van der Waals surface area contributed by atoms with E-state index in [-0.39, 0.29) is 5.92 Å². The van der Waals surface area contributed by atoms with Crippen LogP contribution in [0.25, 0.3) is 0 Å². The van der Waals surface area contributed by atoms with Crippen LogP contribution in [0.2, 0.25) is 0 Å². The molecule has 0 bridgehead atoms. The fraction of sp³-hybridized carbons (Fsp3) is 0.174. The Morgan fingerprint density at radius 2 is 1.59 bits per heavy atom. The molecule has 0 saturated carbocycles. The fourth-order valence-corrected chi connectivity index (χ4v) is 5.57. The number of hydrogen-bond acceptors (Lipinski definition) is 3. The molecule has 3 N–H and O–H groups in total. The van der Waals surface area contributed by atoms with Gasteiger partial charge in [-0.05, 0) is 78.5 Å². The van der Waals surface area contributed by atoms with Crippen molar-refractivity contribution >= 4 is 0 Å². The summed E-state index contributed by atoms with van der Waals surface area (Å²) in [7, 11) is 0. The second-order valence-corrected chi connectivity index (χ2v) is 12.0. The Morgan fingerprint density at radius 3 is 2.29 bits per heavy atom. The molecule has 3 nitrogen and oxygen atoms in total. The summed E-state index contributed by atoms with van der Waals surface area (Å²) < 4.78 is 6.14. The minimum atomic E-state index is -0.457. The van der Waals surface area contributed by atoms with Crippen LogP contribution in [0, 0.1) is 5.92 Å². The molecule has 2 aliphatic rings. The topological polar surface area (TPSA) is 55.5 Å². The summed E-state index contributed by atoms with van der Waals surface area (Å²) >= 11 is 0. The van der Waals surface area contributed by atoms with Gasteiger partial charge < -0.3 is 15.6 Å². The monoisotopic (exact) mass is 649 g/mol. The largest absolute Gasteiger partial charge is 0.508 e. The van der Waals surface area contributed by atoms with E-state index in [1.54, 1.807) is 24.6 Å². The van der Waals surface area contributed by atoms with Crippen molar-refractivity contribution in [3.8, 4) is 5.75 Å². The van der Waals surface area contributed by atoms with Crippen LogP contribution in [-0.4, -0.2) is 5.11 Å². The van der Waals surface area contributed by atoms with E-state index in [9.17, 15) is 5.11 Å². The quantitative estimate of drug-likeness (QED) is 0.156. The lowest BCUT2D eigenvalue weighted by Crippen LogP contribution is -2.24. The smallest absolute Gasteiger partial charge is 0.130 e. The van der Waals surface area contributed by atoms with Crippen LogP contribution in [0.5, 0.6) is 5.75 Å². The zero-order chi connectivity index (χ0) is 35.3. The predicted octanol–water partition coefficient (Wildman–Crippen LogP) is 11.9. The summed E-state index contributed by atoms with van der Waals surface area (Å²) in [5.74, 6) is 1.13. The third-order valence-corrected chi connectivity index (χ3v) is 8.29. The van der Waals surface area contributed by atoms with Crippen molar-refractivity contribution in [3.05, 3.63) is 223 Å². The molecule has 1 aromatic carbocycles. The van der Waals surface area contributed by atoms with Crippen molar-refractivity contribution in [3.63, 3.8) is 0 Å². The van der Waals surface area contributed by atoms with E-state index >= 15 is 0 Å². The zero-order valence-corrected chi connectivity index (χ0v) is 29.2. The van der Waals surface area contributed by atoms with Crippen LogP contribution in [0.15, 0.2) is 217 Å². The van der Waals surface area contributed by atoms with Crippen LogP contribution in [-0.2, 0) is 5.41 Å². The van der Waals surface area contributed by atoms with E-state index in [2.05, 4.69) is 75.6 Å². The van der Waals surface area contributed by atoms with Crippen molar-refractivity contribution in [2.75, 3.05) is 0 Å². The van der Waals surface area contributed by atoms with Gasteiger partial charge in [-0.15, -0.1) is 0 Å². The van der Waals surface area contributed by atoms with Crippen molar-refractivity contribution in [1.82, 2.24) is 0 Å². The molecule has 49 heavy (non-hydrogen) atoms. The number of benzene rings is 1. The average molecular weight is 650 g/mol. The van der Waals surface area contributed by atoms with Crippen LogP contribution < -0.4 is 10.5 Å². The molecule has 0 spiro atoms. The maximum absolute atomic E-state index is 11.5. The molecular formula is C46H51NO2. The molecule has 1 atom stereocenters. The lowest BCUT2D eigenvalue weighted by Gasteiger charge is -2.33. The minimum Gasteiger partial charge on any atom is -0.508 e. The van der Waals surface area contributed by atoms with Crippen LogP contribution in [0.1, 0.15) is 45.6 Å². The molecule has 1 unspecified atom stereocenters. The first-order valence-electron chi connectivity index (χ1n) is 16.8. The molecule has 3 heteroatoms. The maximum Gasteiger partial charge on any atom is 0.130 e. The summed E-state index contributed by atoms with van der Waals surface area (Å²) in [4.78, 5) is 0. The van der Waals surface area contributed by atoms with Crippen molar-refractivity contribution in [1.29, 1.82) is 0 Å². The molecule has 0 amide bonds. The van der Waals surface area contributed by atoms with Gasteiger partial charge in [0.25, 0.3) is 0 Å². The van der Waals surface area contributed by atoms with E-state index < -0.39 is 5.41 Å². The molecule has 0 fully saturated rings. The van der Waals surface area contributed by atoms with E-state index in [1.807, 2.05) is 104 Å². The van der Waals surface area contributed by atoms with E-state index in [1.165, 1.54) is 0 Å². The van der Waals surface area contributed by atoms with Crippen LogP contribution >= 0.6 is 0 Å². The maximum atomic E-state index is 11.5. The van der Waals surface area contributed by atoms with E-state index in [0.29, 0.717) is 5.76 Å². The Bertz CT molecular complexity index is 1730. The Labute approximate surface area is 294 Å². The summed E-state index contributed by atoms with van der Waals surface area (Å²) in [6.07, 6.45) is 49.6. The van der Waals surface area contributed by atoms with Gasteiger partial charge in [0.15, 0.2) is 0 Å². The lowest BCUT2D eigenvalue weighted by atomic mass is 9.72. The Hall–Kier alpha value is -5.54. The normalized spacial score (nSPS) is 21.6.